The Labute approximate surface area is 76.9 Å². The fraction of sp³-hybridized carbons (Fsp3) is 0.300. The molecule has 0 aromatic heterocycles. The Hall–Kier alpha value is -1.35. The Balaban J connectivity index is 2.60. The van der Waals surface area contributed by atoms with Crippen LogP contribution in [0, 0.1) is 0 Å². The first kappa shape index (κ1) is 8.26. The second-order valence-electron chi connectivity index (χ2n) is 3.35. The van der Waals surface area contributed by atoms with E-state index in [0.717, 1.165) is 12.1 Å². The molecule has 1 unspecified atom stereocenters. The number of hydrogen-bond acceptors (Lipinski definition) is 2. The van der Waals surface area contributed by atoms with E-state index in [-0.39, 0.29) is 11.9 Å². The van der Waals surface area contributed by atoms with Crippen molar-refractivity contribution < 1.29 is 4.79 Å². The van der Waals surface area contributed by atoms with Crippen LogP contribution < -0.4 is 11.1 Å². The van der Waals surface area contributed by atoms with Crippen LogP contribution in [0.1, 0.15) is 34.5 Å². The van der Waals surface area contributed by atoms with Crippen molar-refractivity contribution in [3.05, 3.63) is 34.9 Å². The molecular formula is C10H12N2O. The summed E-state index contributed by atoms with van der Waals surface area (Å²) < 4.78 is 0. The van der Waals surface area contributed by atoms with Crippen LogP contribution in [-0.2, 0) is 6.54 Å². The molecule has 1 amide bonds. The van der Waals surface area contributed by atoms with Gasteiger partial charge >= 0.3 is 0 Å². The molecule has 2 rings (SSSR count). The molecule has 0 saturated carbocycles. The van der Waals surface area contributed by atoms with Gasteiger partial charge in [-0.05, 0) is 24.1 Å². The fourth-order valence-corrected chi connectivity index (χ4v) is 1.86. The minimum atomic E-state index is -0.340. The van der Waals surface area contributed by atoms with E-state index in [1.54, 1.807) is 6.07 Å². The predicted molar refractivity (Wildman–Crippen MR) is 50.2 cm³/mol. The van der Waals surface area contributed by atoms with Crippen molar-refractivity contribution in [1.82, 2.24) is 5.32 Å². The van der Waals surface area contributed by atoms with Crippen LogP contribution >= 0.6 is 0 Å². The maximum absolute atomic E-state index is 11.1. The summed E-state index contributed by atoms with van der Waals surface area (Å²) in [6.45, 7) is 2.87. The van der Waals surface area contributed by atoms with E-state index in [1.165, 1.54) is 5.56 Å². The number of rotatable bonds is 1. The lowest BCUT2D eigenvalue weighted by Gasteiger charge is -2.08. The van der Waals surface area contributed by atoms with E-state index in [2.05, 4.69) is 5.32 Å². The molecule has 0 spiro atoms. The zero-order chi connectivity index (χ0) is 9.42. The van der Waals surface area contributed by atoms with Gasteiger partial charge in [-0.25, -0.2) is 0 Å². The molecule has 3 nitrogen and oxygen atoms in total. The second-order valence-corrected chi connectivity index (χ2v) is 3.35. The molecule has 0 bridgehead atoms. The number of carbonyl (C=O) groups is 1. The van der Waals surface area contributed by atoms with Gasteiger partial charge in [0.25, 0.3) is 0 Å². The van der Waals surface area contributed by atoms with Gasteiger partial charge < -0.3 is 11.1 Å². The molecule has 0 fully saturated rings. The highest BCUT2D eigenvalue weighted by Crippen LogP contribution is 2.27. The number of fused-ring (bicyclic) bond motifs is 1. The number of carbonyl (C=O) groups excluding carboxylic acids is 1. The summed E-state index contributed by atoms with van der Waals surface area (Å²) in [6, 6.07) is 5.92. The summed E-state index contributed by atoms with van der Waals surface area (Å²) in [7, 11) is 0. The lowest BCUT2D eigenvalue weighted by molar-refractivity contribution is 0.0999. The van der Waals surface area contributed by atoms with Crippen molar-refractivity contribution >= 4 is 5.91 Å². The van der Waals surface area contributed by atoms with E-state index in [4.69, 9.17) is 5.73 Å². The molecule has 1 heterocycles. The van der Waals surface area contributed by atoms with Crippen molar-refractivity contribution in [2.24, 2.45) is 5.73 Å². The lowest BCUT2D eigenvalue weighted by Crippen LogP contribution is -2.16. The first-order valence-corrected chi connectivity index (χ1v) is 4.35. The maximum atomic E-state index is 11.1. The van der Waals surface area contributed by atoms with E-state index < -0.39 is 0 Å². The highest BCUT2D eigenvalue weighted by Gasteiger charge is 2.22. The molecule has 1 aromatic carbocycles. The molecule has 0 saturated heterocycles. The number of primary amides is 1. The number of nitrogens with two attached hydrogens (primary N) is 1. The third-order valence-corrected chi connectivity index (χ3v) is 2.49. The number of nitrogens with one attached hydrogen (secondary N) is 1. The van der Waals surface area contributed by atoms with Gasteiger partial charge in [-0.3, -0.25) is 4.79 Å². The summed E-state index contributed by atoms with van der Waals surface area (Å²) in [5, 5.41) is 3.27. The number of amides is 1. The van der Waals surface area contributed by atoms with Crippen LogP contribution in [0.2, 0.25) is 0 Å². The Morgan fingerprint density at radius 2 is 2.38 bits per heavy atom. The first-order valence-electron chi connectivity index (χ1n) is 4.35. The van der Waals surface area contributed by atoms with Gasteiger partial charge in [-0.2, -0.15) is 0 Å². The second kappa shape index (κ2) is 2.85. The Morgan fingerprint density at radius 3 is 3.08 bits per heavy atom. The zero-order valence-corrected chi connectivity index (χ0v) is 7.50. The average Bonchev–Trinajstić information content (AvgIpc) is 2.48. The molecule has 0 aliphatic carbocycles. The Morgan fingerprint density at radius 1 is 1.62 bits per heavy atom. The number of hydrogen-bond donors (Lipinski definition) is 2. The minimum absolute atomic E-state index is 0.235. The molecule has 0 radical (unpaired) electrons. The SMILES string of the molecule is CC1NCc2cccc(C(N)=O)c21. The van der Waals surface area contributed by atoms with E-state index in [0.29, 0.717) is 5.56 Å². The molecule has 13 heavy (non-hydrogen) atoms. The topological polar surface area (TPSA) is 55.1 Å². The molecule has 1 atom stereocenters. The molecule has 1 aliphatic heterocycles. The predicted octanol–water partition coefficient (Wildman–Crippen LogP) is 0.950. The quantitative estimate of drug-likeness (QED) is 0.669. The van der Waals surface area contributed by atoms with Crippen LogP contribution in [-0.4, -0.2) is 5.91 Å². The summed E-state index contributed by atoms with van der Waals surface area (Å²) in [5.41, 5.74) is 8.18. The monoisotopic (exact) mass is 176 g/mol. The van der Waals surface area contributed by atoms with Crippen LogP contribution in [0.5, 0.6) is 0 Å². The van der Waals surface area contributed by atoms with Crippen molar-refractivity contribution in [2.75, 3.05) is 0 Å². The molecular weight excluding hydrogens is 164 g/mol. The largest absolute Gasteiger partial charge is 0.366 e. The van der Waals surface area contributed by atoms with Gasteiger partial charge in [-0.1, -0.05) is 12.1 Å². The molecule has 3 heteroatoms. The van der Waals surface area contributed by atoms with Gasteiger partial charge in [-0.15, -0.1) is 0 Å². The normalized spacial score (nSPS) is 19.9. The Kier molecular flexibility index (Phi) is 1.81. The third-order valence-electron chi connectivity index (χ3n) is 2.49. The van der Waals surface area contributed by atoms with Gasteiger partial charge in [0.1, 0.15) is 0 Å². The van der Waals surface area contributed by atoms with Crippen molar-refractivity contribution in [3.8, 4) is 0 Å². The van der Waals surface area contributed by atoms with E-state index in [1.807, 2.05) is 19.1 Å². The fourth-order valence-electron chi connectivity index (χ4n) is 1.86. The standard InChI is InChI=1S/C10H12N2O/c1-6-9-7(5-12-6)3-2-4-8(9)10(11)13/h2-4,6,12H,5H2,1H3,(H2,11,13). The van der Waals surface area contributed by atoms with Gasteiger partial charge in [0.05, 0.1) is 0 Å². The first-order chi connectivity index (χ1) is 6.20. The van der Waals surface area contributed by atoms with Gasteiger partial charge in [0.15, 0.2) is 0 Å². The summed E-state index contributed by atoms with van der Waals surface area (Å²) in [5.74, 6) is -0.340. The highest BCUT2D eigenvalue weighted by atomic mass is 16.1. The average molecular weight is 176 g/mol. The van der Waals surface area contributed by atoms with Crippen molar-refractivity contribution in [3.63, 3.8) is 0 Å². The summed E-state index contributed by atoms with van der Waals surface area (Å²) in [4.78, 5) is 11.1. The van der Waals surface area contributed by atoms with Crippen LogP contribution in [0.15, 0.2) is 18.2 Å². The minimum Gasteiger partial charge on any atom is -0.366 e. The lowest BCUT2D eigenvalue weighted by atomic mass is 9.99. The van der Waals surface area contributed by atoms with Crippen molar-refractivity contribution in [1.29, 1.82) is 0 Å². The Bertz CT molecular complexity index is 360. The van der Waals surface area contributed by atoms with E-state index in [9.17, 15) is 4.79 Å². The van der Waals surface area contributed by atoms with Crippen LogP contribution in [0.25, 0.3) is 0 Å². The van der Waals surface area contributed by atoms with Crippen LogP contribution in [0.4, 0.5) is 0 Å². The maximum Gasteiger partial charge on any atom is 0.249 e. The molecule has 68 valence electrons. The van der Waals surface area contributed by atoms with Crippen LogP contribution in [0.3, 0.4) is 0 Å². The highest BCUT2D eigenvalue weighted by molar-refractivity contribution is 5.95. The third kappa shape index (κ3) is 1.21. The van der Waals surface area contributed by atoms with Gasteiger partial charge in [0.2, 0.25) is 5.91 Å². The zero-order valence-electron chi connectivity index (χ0n) is 7.50. The van der Waals surface area contributed by atoms with Crippen molar-refractivity contribution in [2.45, 2.75) is 19.5 Å². The molecule has 3 N–H and O–H groups in total. The van der Waals surface area contributed by atoms with E-state index >= 15 is 0 Å². The summed E-state index contributed by atoms with van der Waals surface area (Å²) >= 11 is 0. The van der Waals surface area contributed by atoms with Gasteiger partial charge in [0, 0.05) is 18.2 Å². The molecule has 1 aromatic rings. The smallest absolute Gasteiger partial charge is 0.249 e. The summed E-state index contributed by atoms with van der Waals surface area (Å²) in [6.07, 6.45) is 0. The number of benzene rings is 1. The molecule has 1 aliphatic rings.